The monoisotopic (exact) mass is 553 g/mol. The van der Waals surface area contributed by atoms with Crippen LogP contribution in [0.2, 0.25) is 0 Å². The molecule has 6 unspecified atom stereocenters. The van der Waals surface area contributed by atoms with Crippen LogP contribution in [0.5, 0.6) is 0 Å². The number of hydrogen-bond donors (Lipinski definition) is 1. The number of nitrogens with one attached hydrogen (secondary N) is 1. The van der Waals surface area contributed by atoms with E-state index in [1.807, 2.05) is 0 Å². The Kier molecular flexibility index (Phi) is 6.83. The fourth-order valence-corrected chi connectivity index (χ4v) is 7.69. The summed E-state index contributed by atoms with van der Waals surface area (Å²) in [4.78, 5) is 13.1. The summed E-state index contributed by atoms with van der Waals surface area (Å²) in [6, 6.07) is 30.3. The Morgan fingerprint density at radius 3 is 2.31 bits per heavy atom. The van der Waals surface area contributed by atoms with Gasteiger partial charge in [-0.15, -0.1) is 0 Å². The van der Waals surface area contributed by atoms with Gasteiger partial charge in [0, 0.05) is 46.9 Å². The topological polar surface area (TPSA) is 34.1 Å². The van der Waals surface area contributed by atoms with Gasteiger partial charge in [0.25, 0.3) is 0 Å². The van der Waals surface area contributed by atoms with Gasteiger partial charge < -0.3 is 15.1 Å². The minimum absolute atomic E-state index is 0.0179. The van der Waals surface area contributed by atoms with Crippen LogP contribution in [-0.4, -0.2) is 49.7 Å². The summed E-state index contributed by atoms with van der Waals surface area (Å²) >= 11 is 0. The largest absolute Gasteiger partial charge is 0.367 e. The summed E-state index contributed by atoms with van der Waals surface area (Å²) in [6.07, 6.45) is 10.9. The predicted octanol–water partition coefficient (Wildman–Crippen LogP) is 6.56. The molecule has 3 aromatic carbocycles. The fraction of sp³-hybridized carbons (Fsp3) is 0.270. The summed E-state index contributed by atoms with van der Waals surface area (Å²) in [5, 5.41) is 4.16. The lowest BCUT2D eigenvalue weighted by Crippen LogP contribution is -2.64. The van der Waals surface area contributed by atoms with Gasteiger partial charge in [-0.3, -0.25) is 9.89 Å². The highest BCUT2D eigenvalue weighted by Gasteiger charge is 2.54. The molecule has 0 saturated carbocycles. The summed E-state index contributed by atoms with van der Waals surface area (Å²) in [5.74, 6) is 1.26. The maximum Gasteiger partial charge on any atom is 0.137 e. The molecule has 3 aliphatic heterocycles. The highest BCUT2D eigenvalue weighted by molar-refractivity contribution is 6.10. The normalized spacial score (nSPS) is 32.0. The lowest BCUT2D eigenvalue weighted by Gasteiger charge is -2.53. The van der Waals surface area contributed by atoms with E-state index in [9.17, 15) is 0 Å². The molecule has 4 bridgehead atoms. The number of hydrogen-bond acceptors (Lipinski definition) is 5. The first-order valence-electron chi connectivity index (χ1n) is 15.1. The van der Waals surface area contributed by atoms with Gasteiger partial charge in [0.1, 0.15) is 12.0 Å². The van der Waals surface area contributed by atoms with E-state index < -0.39 is 0 Å². The molecule has 0 aromatic heterocycles. The molecule has 212 valence electrons. The number of para-hydroxylation sites is 2. The summed E-state index contributed by atoms with van der Waals surface area (Å²) < 4.78 is 0. The molecular weight excluding hydrogens is 514 g/mol. The number of anilines is 2. The van der Waals surface area contributed by atoms with E-state index in [0.717, 1.165) is 23.6 Å². The van der Waals surface area contributed by atoms with Crippen LogP contribution in [0.1, 0.15) is 24.0 Å². The van der Waals surface area contributed by atoms with Crippen LogP contribution in [0.3, 0.4) is 0 Å². The summed E-state index contributed by atoms with van der Waals surface area (Å²) in [7, 11) is 4.44. The number of amidine groups is 1. The summed E-state index contributed by atoms with van der Waals surface area (Å²) in [6.45, 7) is 8.13. The van der Waals surface area contributed by atoms with Crippen LogP contribution in [0.25, 0.3) is 0 Å². The maximum absolute atomic E-state index is 5.65. The van der Waals surface area contributed by atoms with Crippen LogP contribution in [-0.2, 0) is 0 Å². The van der Waals surface area contributed by atoms with Gasteiger partial charge in [-0.05, 0) is 50.9 Å². The number of nitrogens with zero attached hydrogens (tertiary/aromatic N) is 4. The van der Waals surface area contributed by atoms with E-state index in [0.29, 0.717) is 0 Å². The molecule has 42 heavy (non-hydrogen) atoms. The minimum Gasteiger partial charge on any atom is -0.367 e. The first kappa shape index (κ1) is 26.5. The van der Waals surface area contributed by atoms with Gasteiger partial charge in [-0.1, -0.05) is 103 Å². The van der Waals surface area contributed by atoms with Crippen molar-refractivity contribution < 1.29 is 0 Å². The lowest BCUT2D eigenvalue weighted by molar-refractivity contribution is 0.150. The average Bonchev–Trinajstić information content (AvgIpc) is 3.09. The van der Waals surface area contributed by atoms with Gasteiger partial charge in [0.15, 0.2) is 0 Å². The van der Waals surface area contributed by atoms with Crippen molar-refractivity contribution in [3.8, 4) is 0 Å². The molecule has 0 radical (unpaired) electrons. The first-order valence-corrected chi connectivity index (χ1v) is 15.1. The molecule has 3 heterocycles. The molecule has 1 saturated heterocycles. The molecule has 1 N–H and O–H groups in total. The quantitative estimate of drug-likeness (QED) is 0.371. The Morgan fingerprint density at radius 2 is 1.57 bits per heavy atom. The van der Waals surface area contributed by atoms with Crippen LogP contribution in [0.4, 0.5) is 11.4 Å². The van der Waals surface area contributed by atoms with E-state index >= 15 is 0 Å². The zero-order valence-electron chi connectivity index (χ0n) is 24.6. The second-order valence-corrected chi connectivity index (χ2v) is 11.8. The van der Waals surface area contributed by atoms with Crippen molar-refractivity contribution in [1.29, 1.82) is 0 Å². The van der Waals surface area contributed by atoms with Crippen molar-refractivity contribution >= 4 is 17.2 Å². The smallest absolute Gasteiger partial charge is 0.137 e. The van der Waals surface area contributed by atoms with Crippen molar-refractivity contribution in [3.05, 3.63) is 144 Å². The van der Waals surface area contributed by atoms with Crippen molar-refractivity contribution in [2.45, 2.75) is 31.2 Å². The van der Waals surface area contributed by atoms with Crippen LogP contribution in [0, 0.1) is 11.8 Å². The molecule has 6 atom stereocenters. The number of allylic oxidation sites excluding steroid dienone is 4. The molecule has 5 nitrogen and oxygen atoms in total. The van der Waals surface area contributed by atoms with E-state index in [-0.39, 0.29) is 36.1 Å². The molecule has 4 aliphatic rings. The number of fused-ring (bicyclic) bond motifs is 5. The SMILES string of the molecule is C=C1C2\C3=C/C=C\C=C/C2/N=C(/c2ccccc2)N(c2ccccc2)C(N3)C2C1c1ccccc1N(CC)C2N(C)C. The lowest BCUT2D eigenvalue weighted by atomic mass is 9.70. The van der Waals surface area contributed by atoms with E-state index in [1.54, 1.807) is 0 Å². The third-order valence-corrected chi connectivity index (χ3v) is 9.30. The van der Waals surface area contributed by atoms with Crippen LogP contribution < -0.4 is 15.1 Å². The van der Waals surface area contributed by atoms with E-state index in [2.05, 4.69) is 156 Å². The number of rotatable bonds is 4. The third-order valence-electron chi connectivity index (χ3n) is 9.30. The van der Waals surface area contributed by atoms with Crippen molar-refractivity contribution in [1.82, 2.24) is 10.2 Å². The molecule has 0 spiro atoms. The Balaban J connectivity index is 1.58. The zero-order valence-corrected chi connectivity index (χ0v) is 24.6. The fourth-order valence-electron chi connectivity index (χ4n) is 7.69. The van der Waals surface area contributed by atoms with Gasteiger partial charge in [0.05, 0.1) is 12.2 Å². The van der Waals surface area contributed by atoms with Crippen molar-refractivity contribution in [2.75, 3.05) is 30.4 Å². The van der Waals surface area contributed by atoms with Gasteiger partial charge >= 0.3 is 0 Å². The van der Waals surface area contributed by atoms with Crippen LogP contribution in [0.15, 0.2) is 138 Å². The zero-order chi connectivity index (χ0) is 28.8. The standard InChI is InChI=1S/C37H39N5/c1-5-41-31-24-16-15-21-28(31)32-25(2)33-29-22-13-8-14-23-30(33)39-36(34(32)37(41)40(3)4)42(27-19-11-7-12-20-27)35(38-29)26-17-9-6-10-18-26/h6-24,29,32-34,36-37,39H,2,5H2,1,3-4H3/b14-8-,22-13-,30-23+,38-35-. The molecule has 5 heteroatoms. The molecule has 7 rings (SSSR count). The highest BCUT2D eigenvalue weighted by atomic mass is 15.4. The molecule has 3 aromatic rings. The third kappa shape index (κ3) is 4.23. The maximum atomic E-state index is 5.65. The Bertz CT molecular complexity index is 1580. The Labute approximate surface area is 249 Å². The van der Waals surface area contributed by atoms with Crippen molar-refractivity contribution in [2.24, 2.45) is 16.8 Å². The molecular formula is C37H39N5. The van der Waals surface area contributed by atoms with E-state index in [1.165, 1.54) is 22.5 Å². The number of benzene rings is 3. The van der Waals surface area contributed by atoms with Crippen LogP contribution >= 0.6 is 0 Å². The average molecular weight is 554 g/mol. The first-order chi connectivity index (χ1) is 20.6. The van der Waals surface area contributed by atoms with Gasteiger partial charge in [0.2, 0.25) is 0 Å². The number of aliphatic imine (C=N–C) groups is 1. The van der Waals surface area contributed by atoms with Crippen molar-refractivity contribution in [3.63, 3.8) is 0 Å². The second-order valence-electron chi connectivity index (χ2n) is 11.8. The minimum atomic E-state index is -0.114. The molecule has 1 fully saturated rings. The predicted molar refractivity (Wildman–Crippen MR) is 175 cm³/mol. The second kappa shape index (κ2) is 10.8. The Hall–Kier alpha value is -4.35. The molecule has 0 amide bonds. The van der Waals surface area contributed by atoms with Gasteiger partial charge in [-0.25, -0.2) is 0 Å². The highest BCUT2D eigenvalue weighted by Crippen LogP contribution is 2.53. The molecule has 1 aliphatic carbocycles. The van der Waals surface area contributed by atoms with Gasteiger partial charge in [-0.2, -0.15) is 0 Å². The van der Waals surface area contributed by atoms with E-state index in [4.69, 9.17) is 11.6 Å². The summed E-state index contributed by atoms with van der Waals surface area (Å²) in [5.41, 5.74) is 7.31. The Morgan fingerprint density at radius 1 is 0.857 bits per heavy atom.